The molecule has 0 bridgehead atoms. The van der Waals surface area contributed by atoms with Crippen molar-refractivity contribution < 1.29 is 4.42 Å². The van der Waals surface area contributed by atoms with E-state index in [0.717, 1.165) is 34.5 Å². The molecule has 16 heavy (non-hydrogen) atoms. The minimum atomic E-state index is 0.661. The molecule has 4 nitrogen and oxygen atoms in total. The molecule has 5 heteroatoms. The quantitative estimate of drug-likeness (QED) is 0.868. The molecule has 0 aliphatic heterocycles. The molecule has 2 aromatic rings. The predicted octanol–water partition coefficient (Wildman–Crippen LogP) is 3.00. The molecule has 0 amide bonds. The van der Waals surface area contributed by atoms with Crippen LogP contribution >= 0.6 is 11.3 Å². The van der Waals surface area contributed by atoms with Crippen molar-refractivity contribution in [3.05, 3.63) is 28.7 Å². The van der Waals surface area contributed by atoms with E-state index in [4.69, 9.17) is 4.42 Å². The standard InChI is InChI=1S/C11H15N3OS/c1-3-4-10-13-14-11(16-10)12-7-9-6-5-8(2)15-9/h5-6H,3-4,7H2,1-2H3,(H,12,14). The molecular formula is C11H15N3OS. The second-order valence-electron chi connectivity index (χ2n) is 3.62. The fourth-order valence-corrected chi connectivity index (χ4v) is 2.22. The van der Waals surface area contributed by atoms with E-state index in [9.17, 15) is 0 Å². The van der Waals surface area contributed by atoms with Gasteiger partial charge in [0.25, 0.3) is 0 Å². The predicted molar refractivity (Wildman–Crippen MR) is 64.7 cm³/mol. The van der Waals surface area contributed by atoms with Crippen molar-refractivity contribution in [3.8, 4) is 0 Å². The molecule has 0 aliphatic rings. The molecule has 0 saturated heterocycles. The highest BCUT2D eigenvalue weighted by Crippen LogP contribution is 2.17. The second-order valence-corrected chi connectivity index (χ2v) is 4.68. The molecule has 86 valence electrons. The van der Waals surface area contributed by atoms with Gasteiger partial charge in [0.1, 0.15) is 16.5 Å². The summed E-state index contributed by atoms with van der Waals surface area (Å²) in [5.74, 6) is 1.85. The van der Waals surface area contributed by atoms with Crippen molar-refractivity contribution in [1.82, 2.24) is 10.2 Å². The first-order chi connectivity index (χ1) is 7.78. The maximum absolute atomic E-state index is 5.45. The van der Waals surface area contributed by atoms with Gasteiger partial charge in [-0.25, -0.2) is 0 Å². The number of hydrogen-bond acceptors (Lipinski definition) is 5. The van der Waals surface area contributed by atoms with E-state index in [2.05, 4.69) is 22.4 Å². The van der Waals surface area contributed by atoms with Gasteiger partial charge in [0.05, 0.1) is 6.54 Å². The molecule has 1 N–H and O–H groups in total. The fourth-order valence-electron chi connectivity index (χ4n) is 1.38. The number of nitrogens with zero attached hydrogens (tertiary/aromatic N) is 2. The van der Waals surface area contributed by atoms with Crippen molar-refractivity contribution >= 4 is 16.5 Å². The minimum Gasteiger partial charge on any atom is -0.465 e. The van der Waals surface area contributed by atoms with Crippen LogP contribution in [0.25, 0.3) is 0 Å². The number of nitrogens with one attached hydrogen (secondary N) is 1. The molecule has 0 spiro atoms. The Hall–Kier alpha value is -1.36. The average Bonchev–Trinajstić information content (AvgIpc) is 2.85. The Bertz CT molecular complexity index is 450. The fraction of sp³-hybridized carbons (Fsp3) is 0.455. The van der Waals surface area contributed by atoms with Crippen LogP contribution in [0, 0.1) is 6.92 Å². The summed E-state index contributed by atoms with van der Waals surface area (Å²) in [7, 11) is 0. The summed E-state index contributed by atoms with van der Waals surface area (Å²) in [5.41, 5.74) is 0. The number of aryl methyl sites for hydroxylation is 2. The molecule has 0 atom stereocenters. The van der Waals surface area contributed by atoms with Gasteiger partial charge < -0.3 is 9.73 Å². The lowest BCUT2D eigenvalue weighted by molar-refractivity contribution is 0.490. The monoisotopic (exact) mass is 237 g/mol. The zero-order valence-electron chi connectivity index (χ0n) is 9.49. The van der Waals surface area contributed by atoms with Gasteiger partial charge >= 0.3 is 0 Å². The first-order valence-corrected chi connectivity index (χ1v) is 6.21. The number of furan rings is 1. The Morgan fingerprint density at radius 1 is 1.38 bits per heavy atom. The van der Waals surface area contributed by atoms with Crippen molar-refractivity contribution in [1.29, 1.82) is 0 Å². The van der Waals surface area contributed by atoms with Gasteiger partial charge in [0.15, 0.2) is 0 Å². The van der Waals surface area contributed by atoms with Crippen molar-refractivity contribution in [3.63, 3.8) is 0 Å². The number of hydrogen-bond donors (Lipinski definition) is 1. The Morgan fingerprint density at radius 2 is 2.25 bits per heavy atom. The first-order valence-electron chi connectivity index (χ1n) is 5.39. The molecule has 0 unspecified atom stereocenters. The third kappa shape index (κ3) is 2.82. The summed E-state index contributed by atoms with van der Waals surface area (Å²) in [4.78, 5) is 0. The summed E-state index contributed by atoms with van der Waals surface area (Å²) in [6.07, 6.45) is 2.10. The van der Waals surface area contributed by atoms with Gasteiger partial charge in [-0.2, -0.15) is 0 Å². The molecule has 2 rings (SSSR count). The Labute approximate surface area is 98.7 Å². The smallest absolute Gasteiger partial charge is 0.206 e. The topological polar surface area (TPSA) is 51.0 Å². The van der Waals surface area contributed by atoms with Crippen LogP contribution in [0.15, 0.2) is 16.5 Å². The number of rotatable bonds is 5. The molecule has 0 aromatic carbocycles. The van der Waals surface area contributed by atoms with E-state index in [0.29, 0.717) is 6.54 Å². The molecule has 2 heterocycles. The number of anilines is 1. The van der Waals surface area contributed by atoms with Gasteiger partial charge in [-0.3, -0.25) is 0 Å². The van der Waals surface area contributed by atoms with E-state index in [1.54, 1.807) is 11.3 Å². The van der Waals surface area contributed by atoms with Crippen LogP contribution in [0.2, 0.25) is 0 Å². The van der Waals surface area contributed by atoms with Crippen molar-refractivity contribution in [2.24, 2.45) is 0 Å². The van der Waals surface area contributed by atoms with Crippen molar-refractivity contribution in [2.75, 3.05) is 5.32 Å². The summed E-state index contributed by atoms with van der Waals surface area (Å²) in [5, 5.41) is 13.3. The highest BCUT2D eigenvalue weighted by Gasteiger charge is 2.04. The normalized spacial score (nSPS) is 10.6. The molecule has 0 saturated carbocycles. The lowest BCUT2D eigenvalue weighted by Crippen LogP contribution is -1.97. The highest BCUT2D eigenvalue weighted by atomic mass is 32.1. The van der Waals surface area contributed by atoms with E-state index in [1.807, 2.05) is 19.1 Å². The van der Waals surface area contributed by atoms with Gasteiger partial charge in [-0.15, -0.1) is 10.2 Å². The van der Waals surface area contributed by atoms with Gasteiger partial charge in [0, 0.05) is 6.42 Å². The third-order valence-corrected chi connectivity index (χ3v) is 3.08. The molecule has 0 fully saturated rings. The van der Waals surface area contributed by atoms with Gasteiger partial charge in [0.2, 0.25) is 5.13 Å². The van der Waals surface area contributed by atoms with Crippen molar-refractivity contribution in [2.45, 2.75) is 33.2 Å². The van der Waals surface area contributed by atoms with Crippen LogP contribution in [-0.2, 0) is 13.0 Å². The number of aromatic nitrogens is 2. The van der Waals surface area contributed by atoms with E-state index in [-0.39, 0.29) is 0 Å². The molecule has 0 aliphatic carbocycles. The van der Waals surface area contributed by atoms with E-state index >= 15 is 0 Å². The van der Waals surface area contributed by atoms with Gasteiger partial charge in [-0.05, 0) is 25.5 Å². The first kappa shape index (κ1) is 11.1. The SMILES string of the molecule is CCCc1nnc(NCc2ccc(C)o2)s1. The van der Waals surface area contributed by atoms with Crippen LogP contribution in [0.3, 0.4) is 0 Å². The Kier molecular flexibility index (Phi) is 3.56. The lowest BCUT2D eigenvalue weighted by atomic mass is 10.4. The zero-order chi connectivity index (χ0) is 11.4. The molecule has 2 aromatic heterocycles. The highest BCUT2D eigenvalue weighted by molar-refractivity contribution is 7.15. The third-order valence-electron chi connectivity index (χ3n) is 2.14. The summed E-state index contributed by atoms with van der Waals surface area (Å²) in [6.45, 7) is 4.74. The van der Waals surface area contributed by atoms with Crippen LogP contribution in [-0.4, -0.2) is 10.2 Å². The average molecular weight is 237 g/mol. The van der Waals surface area contributed by atoms with E-state index in [1.165, 1.54) is 0 Å². The lowest BCUT2D eigenvalue weighted by Gasteiger charge is -1.97. The molecule has 0 radical (unpaired) electrons. The van der Waals surface area contributed by atoms with E-state index < -0.39 is 0 Å². The minimum absolute atomic E-state index is 0.661. The zero-order valence-corrected chi connectivity index (χ0v) is 10.3. The summed E-state index contributed by atoms with van der Waals surface area (Å²) < 4.78 is 5.45. The Balaban J connectivity index is 1.89. The second kappa shape index (κ2) is 5.12. The summed E-state index contributed by atoms with van der Waals surface area (Å²) in [6, 6.07) is 3.93. The van der Waals surface area contributed by atoms with Crippen LogP contribution in [0.1, 0.15) is 29.9 Å². The van der Waals surface area contributed by atoms with Crippen LogP contribution in [0.4, 0.5) is 5.13 Å². The van der Waals surface area contributed by atoms with Gasteiger partial charge in [-0.1, -0.05) is 18.3 Å². The Morgan fingerprint density at radius 3 is 2.94 bits per heavy atom. The molecular weight excluding hydrogens is 222 g/mol. The van der Waals surface area contributed by atoms with Crippen LogP contribution < -0.4 is 5.32 Å². The maximum Gasteiger partial charge on any atom is 0.206 e. The largest absolute Gasteiger partial charge is 0.465 e. The summed E-state index contributed by atoms with van der Waals surface area (Å²) >= 11 is 1.61. The van der Waals surface area contributed by atoms with Crippen LogP contribution in [0.5, 0.6) is 0 Å². The maximum atomic E-state index is 5.45.